The maximum atomic E-state index is 12.3. The molecule has 0 atom stereocenters. The molecule has 8 heteroatoms. The molecule has 1 aromatic heterocycles. The third kappa shape index (κ3) is 2.24. The summed E-state index contributed by atoms with van der Waals surface area (Å²) in [6.07, 6.45) is -4.59. The molecule has 0 unspecified atom stereocenters. The van der Waals surface area contributed by atoms with Crippen molar-refractivity contribution in [3.05, 3.63) is 14.5 Å². The number of hydrogen-bond donors (Lipinski definition) is 0. The first-order valence-corrected chi connectivity index (χ1v) is 4.79. The smallest absolute Gasteiger partial charge is 0.428 e. The molecule has 14 heavy (non-hydrogen) atoms. The molecule has 0 amide bonds. The van der Waals surface area contributed by atoms with Gasteiger partial charge in [0.1, 0.15) is 4.88 Å². The molecule has 1 heterocycles. The fraction of sp³-hybridized carbons (Fsp3) is 0.333. The summed E-state index contributed by atoms with van der Waals surface area (Å²) in [6, 6.07) is 0. The van der Waals surface area contributed by atoms with Crippen LogP contribution in [0.25, 0.3) is 0 Å². The monoisotopic (exact) mass is 289 g/mol. The zero-order valence-corrected chi connectivity index (χ0v) is 9.09. The molecule has 0 fully saturated rings. The predicted molar refractivity (Wildman–Crippen MR) is 46.2 cm³/mol. The minimum Gasteiger partial charge on any atom is -0.464 e. The summed E-state index contributed by atoms with van der Waals surface area (Å²) >= 11 is 3.12. The van der Waals surface area contributed by atoms with Crippen LogP contribution in [0.1, 0.15) is 15.4 Å². The van der Waals surface area contributed by atoms with Crippen molar-refractivity contribution in [3.63, 3.8) is 0 Å². The Labute approximate surface area is 89.0 Å². The molecule has 0 spiro atoms. The molecule has 1 rings (SSSR count). The third-order valence-corrected chi connectivity index (χ3v) is 2.79. The van der Waals surface area contributed by atoms with E-state index in [9.17, 15) is 18.0 Å². The maximum absolute atomic E-state index is 12.3. The van der Waals surface area contributed by atoms with Crippen molar-refractivity contribution >= 4 is 33.2 Å². The Kier molecular flexibility index (Phi) is 3.15. The molecule has 3 nitrogen and oxygen atoms in total. The summed E-state index contributed by atoms with van der Waals surface area (Å²) in [5, 5.41) is 0. The lowest BCUT2D eigenvalue weighted by Gasteiger charge is -2.03. The zero-order chi connectivity index (χ0) is 10.9. The average molecular weight is 290 g/mol. The van der Waals surface area contributed by atoms with Crippen molar-refractivity contribution in [2.75, 3.05) is 7.11 Å². The topological polar surface area (TPSA) is 39.2 Å². The van der Waals surface area contributed by atoms with Gasteiger partial charge in [-0.3, -0.25) is 0 Å². The lowest BCUT2D eigenvalue weighted by Crippen LogP contribution is -2.11. The number of ether oxygens (including phenoxy) is 1. The number of halogens is 4. The van der Waals surface area contributed by atoms with E-state index < -0.39 is 22.7 Å². The second-order valence-corrected chi connectivity index (χ2v) is 4.41. The summed E-state index contributed by atoms with van der Waals surface area (Å²) in [5.74, 6) is -1.10. The molecule has 0 aliphatic heterocycles. The van der Waals surface area contributed by atoms with Crippen molar-refractivity contribution in [2.45, 2.75) is 6.18 Å². The Balaban J connectivity index is 3.23. The molecule has 0 N–H and O–H groups in total. The van der Waals surface area contributed by atoms with E-state index in [1.54, 1.807) is 0 Å². The highest BCUT2D eigenvalue weighted by Gasteiger charge is 2.39. The molecule has 0 aromatic carbocycles. The molecule has 0 saturated heterocycles. The highest BCUT2D eigenvalue weighted by Crippen LogP contribution is 2.38. The second-order valence-electron chi connectivity index (χ2n) is 2.13. The van der Waals surface area contributed by atoms with E-state index in [-0.39, 0.29) is 3.92 Å². The van der Waals surface area contributed by atoms with Crippen molar-refractivity contribution < 1.29 is 22.7 Å². The van der Waals surface area contributed by atoms with E-state index in [1.165, 1.54) is 0 Å². The number of rotatable bonds is 1. The van der Waals surface area contributed by atoms with Gasteiger partial charge in [-0.25, -0.2) is 9.78 Å². The first-order valence-electron chi connectivity index (χ1n) is 3.18. The van der Waals surface area contributed by atoms with Crippen LogP contribution in [0.3, 0.4) is 0 Å². The van der Waals surface area contributed by atoms with Gasteiger partial charge in [-0.1, -0.05) is 0 Å². The van der Waals surface area contributed by atoms with Gasteiger partial charge < -0.3 is 4.74 Å². The Morgan fingerprint density at radius 2 is 2.14 bits per heavy atom. The zero-order valence-electron chi connectivity index (χ0n) is 6.68. The summed E-state index contributed by atoms with van der Waals surface area (Å²) in [4.78, 5) is 13.2. The number of thiazole rings is 1. The van der Waals surface area contributed by atoms with Crippen LogP contribution in [0.4, 0.5) is 13.2 Å². The number of esters is 1. The van der Waals surface area contributed by atoms with Crippen LogP contribution in [0, 0.1) is 0 Å². The van der Waals surface area contributed by atoms with Crippen LogP contribution < -0.4 is 0 Å². The number of carbonyl (C=O) groups excluding carboxylic acids is 1. The van der Waals surface area contributed by atoms with Gasteiger partial charge in [-0.05, 0) is 15.9 Å². The van der Waals surface area contributed by atoms with Crippen molar-refractivity contribution in [1.82, 2.24) is 4.98 Å². The standard InChI is InChI=1S/C6H3BrF3NO2S/c1-13-4(12)2-3(6(8,9)10)14-5(7)11-2/h1H3. The van der Waals surface area contributed by atoms with E-state index >= 15 is 0 Å². The van der Waals surface area contributed by atoms with Crippen LogP contribution in [-0.4, -0.2) is 18.1 Å². The van der Waals surface area contributed by atoms with Crippen LogP contribution in [0.15, 0.2) is 3.92 Å². The fourth-order valence-corrected chi connectivity index (χ4v) is 2.03. The van der Waals surface area contributed by atoms with Crippen LogP contribution in [-0.2, 0) is 10.9 Å². The summed E-state index contributed by atoms with van der Waals surface area (Å²) in [6.45, 7) is 0. The molecule has 0 saturated carbocycles. The van der Waals surface area contributed by atoms with Gasteiger partial charge >= 0.3 is 12.1 Å². The van der Waals surface area contributed by atoms with Gasteiger partial charge in [-0.15, -0.1) is 11.3 Å². The van der Waals surface area contributed by atoms with E-state index in [0.717, 1.165) is 7.11 Å². The number of aromatic nitrogens is 1. The normalized spacial score (nSPS) is 11.5. The van der Waals surface area contributed by atoms with Gasteiger partial charge in [-0.2, -0.15) is 13.2 Å². The van der Waals surface area contributed by atoms with Gasteiger partial charge in [0.15, 0.2) is 9.61 Å². The number of nitrogens with zero attached hydrogens (tertiary/aromatic N) is 1. The Hall–Kier alpha value is -0.630. The van der Waals surface area contributed by atoms with Crippen LogP contribution >= 0.6 is 27.3 Å². The molecule has 0 radical (unpaired) electrons. The molecule has 0 bridgehead atoms. The van der Waals surface area contributed by atoms with Crippen molar-refractivity contribution in [2.24, 2.45) is 0 Å². The number of hydrogen-bond acceptors (Lipinski definition) is 4. The van der Waals surface area contributed by atoms with Crippen LogP contribution in [0.5, 0.6) is 0 Å². The fourth-order valence-electron chi connectivity index (χ4n) is 0.721. The summed E-state index contributed by atoms with van der Waals surface area (Å²) in [5.41, 5.74) is -0.711. The number of methoxy groups -OCH3 is 1. The molecule has 0 aliphatic rings. The highest BCUT2D eigenvalue weighted by atomic mass is 79.9. The lowest BCUT2D eigenvalue weighted by molar-refractivity contribution is -0.135. The van der Waals surface area contributed by atoms with Crippen molar-refractivity contribution in [1.29, 1.82) is 0 Å². The lowest BCUT2D eigenvalue weighted by atomic mass is 10.3. The van der Waals surface area contributed by atoms with Gasteiger partial charge in [0.05, 0.1) is 7.11 Å². The first kappa shape index (κ1) is 11.4. The minimum absolute atomic E-state index is 0.00905. The van der Waals surface area contributed by atoms with Crippen molar-refractivity contribution in [3.8, 4) is 0 Å². The van der Waals surface area contributed by atoms with E-state index in [0.29, 0.717) is 11.3 Å². The van der Waals surface area contributed by atoms with Crippen LogP contribution in [0.2, 0.25) is 0 Å². The van der Waals surface area contributed by atoms with Gasteiger partial charge in [0.25, 0.3) is 0 Å². The Morgan fingerprint density at radius 3 is 2.57 bits per heavy atom. The third-order valence-electron chi connectivity index (χ3n) is 1.24. The minimum atomic E-state index is -4.59. The summed E-state index contributed by atoms with van der Waals surface area (Å²) < 4.78 is 41.1. The van der Waals surface area contributed by atoms with Gasteiger partial charge in [0, 0.05) is 0 Å². The molecule has 1 aromatic rings. The molecular formula is C6H3BrF3NO2S. The number of alkyl halides is 3. The SMILES string of the molecule is COC(=O)c1nc(Br)sc1C(F)(F)F. The van der Waals surface area contributed by atoms with E-state index in [4.69, 9.17) is 0 Å². The molecular weight excluding hydrogens is 287 g/mol. The van der Waals surface area contributed by atoms with E-state index in [1.807, 2.05) is 0 Å². The Bertz CT molecular complexity index is 362. The molecule has 0 aliphatic carbocycles. The van der Waals surface area contributed by atoms with Gasteiger partial charge in [0.2, 0.25) is 0 Å². The van der Waals surface area contributed by atoms with E-state index in [2.05, 4.69) is 25.7 Å². The summed E-state index contributed by atoms with van der Waals surface area (Å²) in [7, 11) is 0.996. The average Bonchev–Trinajstić information content (AvgIpc) is 2.45. The number of carbonyl (C=O) groups is 1. The highest BCUT2D eigenvalue weighted by molar-refractivity contribution is 9.11. The second kappa shape index (κ2) is 3.85. The largest absolute Gasteiger partial charge is 0.464 e. The molecule has 78 valence electrons. The quantitative estimate of drug-likeness (QED) is 0.746. The maximum Gasteiger partial charge on any atom is 0.428 e. The predicted octanol–water partition coefficient (Wildman–Crippen LogP) is 2.71. The first-order chi connectivity index (χ1) is 6.36. The Morgan fingerprint density at radius 1 is 1.57 bits per heavy atom.